The van der Waals surface area contributed by atoms with Crippen molar-refractivity contribution in [3.05, 3.63) is 59.8 Å². The third-order valence-electron chi connectivity index (χ3n) is 4.74. The average Bonchev–Trinajstić information content (AvgIpc) is 2.84. The highest BCUT2D eigenvalue weighted by molar-refractivity contribution is 7.79. The highest BCUT2D eigenvalue weighted by Crippen LogP contribution is 2.28. The highest BCUT2D eigenvalue weighted by atomic mass is 32.1. The standard InChI is InChI=1S/C23H33NO3.2C3H8.CH4S/c1-7-10-12-19(18(4)24(9-3)17-23(5,6)8-2)16-27-22-14-11-13-21(26)20(22)15-25;2*1-3-2;1-2/h7,10-15,26H,4,8-9,16-17H2,1-3,5-6H3;2*3H2,1-2H3;2H,1H3/b10-7-,19-12-;;;. The van der Waals surface area contributed by atoms with Gasteiger partial charge in [0.15, 0.2) is 6.29 Å². The fourth-order valence-corrected chi connectivity index (χ4v) is 2.60. The van der Waals surface area contributed by atoms with Crippen molar-refractivity contribution in [2.45, 2.75) is 81.6 Å². The van der Waals surface area contributed by atoms with Crippen molar-refractivity contribution in [1.29, 1.82) is 0 Å². The molecule has 0 radical (unpaired) electrons. The molecule has 0 bridgehead atoms. The van der Waals surface area contributed by atoms with Crippen molar-refractivity contribution >= 4 is 18.9 Å². The summed E-state index contributed by atoms with van der Waals surface area (Å²) in [4.78, 5) is 13.5. The zero-order valence-electron chi connectivity index (χ0n) is 24.1. The molecule has 1 aromatic rings. The van der Waals surface area contributed by atoms with E-state index in [9.17, 15) is 9.90 Å². The number of likely N-dealkylation sites (N-methyl/N-ethyl adjacent to an activating group) is 1. The Kier molecular flexibility index (Phi) is 25.2. The van der Waals surface area contributed by atoms with E-state index in [1.165, 1.54) is 18.9 Å². The molecule has 0 aliphatic carbocycles. The van der Waals surface area contributed by atoms with Gasteiger partial charge in [0.1, 0.15) is 18.1 Å². The maximum Gasteiger partial charge on any atom is 0.157 e. The van der Waals surface area contributed by atoms with E-state index in [4.69, 9.17) is 4.74 Å². The lowest BCUT2D eigenvalue weighted by Gasteiger charge is -2.34. The van der Waals surface area contributed by atoms with Crippen molar-refractivity contribution in [2.75, 3.05) is 26.0 Å². The third kappa shape index (κ3) is 17.0. The summed E-state index contributed by atoms with van der Waals surface area (Å²) in [7, 11) is 0. The zero-order chi connectivity index (χ0) is 27.9. The monoisotopic (exact) mass is 507 g/mol. The van der Waals surface area contributed by atoms with Gasteiger partial charge in [0, 0.05) is 24.4 Å². The van der Waals surface area contributed by atoms with Crippen LogP contribution in [0.4, 0.5) is 0 Å². The first-order chi connectivity index (χ1) is 16.6. The first-order valence-electron chi connectivity index (χ1n) is 12.7. The van der Waals surface area contributed by atoms with Crippen LogP contribution >= 0.6 is 12.6 Å². The second-order valence-electron chi connectivity index (χ2n) is 8.71. The number of phenolic OH excluding ortho intramolecular Hbond substituents is 1. The molecule has 0 saturated carbocycles. The summed E-state index contributed by atoms with van der Waals surface area (Å²) < 4.78 is 5.86. The number of nitrogens with zero attached hydrogens (tertiary/aromatic N) is 1. The molecular weight excluding hydrogens is 454 g/mol. The molecule has 0 aliphatic heterocycles. The lowest BCUT2D eigenvalue weighted by atomic mass is 9.89. The second-order valence-corrected chi connectivity index (χ2v) is 8.71. The van der Waals surface area contributed by atoms with Crippen LogP contribution in [0.3, 0.4) is 0 Å². The van der Waals surface area contributed by atoms with Gasteiger partial charge in [-0.15, -0.1) is 0 Å². The molecule has 4 nitrogen and oxygen atoms in total. The number of hydrogen-bond donors (Lipinski definition) is 2. The topological polar surface area (TPSA) is 49.8 Å². The predicted octanol–water partition coefficient (Wildman–Crippen LogP) is 8.74. The number of aromatic hydroxyl groups is 1. The van der Waals surface area contributed by atoms with Crippen LogP contribution in [-0.4, -0.2) is 42.2 Å². The molecule has 1 rings (SSSR count). The predicted molar refractivity (Wildman–Crippen MR) is 159 cm³/mol. The smallest absolute Gasteiger partial charge is 0.157 e. The van der Waals surface area contributed by atoms with Gasteiger partial charge in [0.2, 0.25) is 0 Å². The minimum absolute atomic E-state index is 0.0832. The van der Waals surface area contributed by atoms with Gasteiger partial charge in [-0.2, -0.15) is 12.6 Å². The van der Waals surface area contributed by atoms with E-state index >= 15 is 0 Å². The molecule has 5 heteroatoms. The second kappa shape index (κ2) is 23.6. The van der Waals surface area contributed by atoms with Gasteiger partial charge in [0.25, 0.3) is 0 Å². The fraction of sp³-hybridized carbons (Fsp3) is 0.567. The molecule has 0 saturated heterocycles. The first kappa shape index (κ1) is 37.4. The van der Waals surface area contributed by atoms with Crippen LogP contribution < -0.4 is 4.74 Å². The van der Waals surface area contributed by atoms with Gasteiger partial charge < -0.3 is 14.7 Å². The summed E-state index contributed by atoms with van der Waals surface area (Å²) in [5.74, 6) is 0.279. The number of phenols is 1. The van der Waals surface area contributed by atoms with Crippen molar-refractivity contribution < 1.29 is 14.6 Å². The van der Waals surface area contributed by atoms with Crippen molar-refractivity contribution in [1.82, 2.24) is 4.90 Å². The SMILES string of the molecule is C=C(/C(=C\C=C/C)COc1cccc(O)c1C=O)N(CC)CC(C)(C)CC.CCC.CCC.CS. The largest absolute Gasteiger partial charge is 0.507 e. The van der Waals surface area contributed by atoms with E-state index in [0.29, 0.717) is 12.0 Å². The van der Waals surface area contributed by atoms with Crippen molar-refractivity contribution in [2.24, 2.45) is 5.41 Å². The van der Waals surface area contributed by atoms with Crippen LogP contribution in [-0.2, 0) is 0 Å². The number of allylic oxidation sites excluding steroid dienone is 3. The maximum atomic E-state index is 11.3. The molecule has 1 N–H and O–H groups in total. The van der Waals surface area contributed by atoms with Gasteiger partial charge in [-0.25, -0.2) is 0 Å². The van der Waals surface area contributed by atoms with Crippen LogP contribution in [0.5, 0.6) is 11.5 Å². The summed E-state index contributed by atoms with van der Waals surface area (Å²) >= 11 is 3.53. The summed E-state index contributed by atoms with van der Waals surface area (Å²) in [6.07, 6.45) is 11.8. The Hall–Kier alpha value is -2.14. The van der Waals surface area contributed by atoms with E-state index in [2.05, 4.69) is 79.5 Å². The Bertz CT molecular complexity index is 737. The van der Waals surface area contributed by atoms with Crippen molar-refractivity contribution in [3.63, 3.8) is 0 Å². The maximum absolute atomic E-state index is 11.3. The molecular formula is C30H53NO3S. The van der Waals surface area contributed by atoms with Crippen LogP contribution in [0.15, 0.2) is 54.3 Å². The van der Waals surface area contributed by atoms with Crippen LogP contribution in [0.1, 0.15) is 91.9 Å². The zero-order valence-corrected chi connectivity index (χ0v) is 25.0. The van der Waals surface area contributed by atoms with Gasteiger partial charge in [-0.05, 0) is 44.1 Å². The minimum Gasteiger partial charge on any atom is -0.507 e. The molecule has 0 aliphatic rings. The van der Waals surface area contributed by atoms with Crippen LogP contribution in [0, 0.1) is 5.41 Å². The van der Waals surface area contributed by atoms with E-state index < -0.39 is 0 Å². The van der Waals surface area contributed by atoms with E-state index in [1.807, 2.05) is 25.2 Å². The van der Waals surface area contributed by atoms with Gasteiger partial charge in [0.05, 0.1) is 5.56 Å². The molecule has 0 unspecified atom stereocenters. The molecule has 0 spiro atoms. The van der Waals surface area contributed by atoms with Gasteiger partial charge in [-0.3, -0.25) is 4.79 Å². The molecule has 0 fully saturated rings. The van der Waals surface area contributed by atoms with Crippen LogP contribution in [0.2, 0.25) is 0 Å². The van der Waals surface area contributed by atoms with E-state index in [0.717, 1.165) is 30.8 Å². The van der Waals surface area contributed by atoms with E-state index in [1.54, 1.807) is 18.4 Å². The Balaban J connectivity index is -0.00000113. The molecule has 0 heterocycles. The number of benzene rings is 1. The highest BCUT2D eigenvalue weighted by Gasteiger charge is 2.21. The first-order valence-corrected chi connectivity index (χ1v) is 13.6. The van der Waals surface area contributed by atoms with Gasteiger partial charge in [-0.1, -0.05) is 92.2 Å². The molecule has 35 heavy (non-hydrogen) atoms. The normalized spacial score (nSPS) is 10.7. The Morgan fingerprint density at radius 1 is 1.11 bits per heavy atom. The lowest BCUT2D eigenvalue weighted by molar-refractivity contribution is 0.111. The average molecular weight is 508 g/mol. The Morgan fingerprint density at radius 3 is 2.09 bits per heavy atom. The molecule has 0 amide bonds. The van der Waals surface area contributed by atoms with E-state index in [-0.39, 0.29) is 23.3 Å². The number of carbonyl (C=O) groups is 1. The summed E-state index contributed by atoms with van der Waals surface area (Å²) in [5, 5.41) is 9.83. The number of carbonyl (C=O) groups excluding carboxylic acids is 1. The Morgan fingerprint density at radius 2 is 1.66 bits per heavy atom. The van der Waals surface area contributed by atoms with Crippen molar-refractivity contribution in [3.8, 4) is 11.5 Å². The van der Waals surface area contributed by atoms with Crippen LogP contribution in [0.25, 0.3) is 0 Å². The minimum atomic E-state index is -0.0832. The summed E-state index contributed by atoms with van der Waals surface area (Å²) in [6, 6.07) is 4.80. The van der Waals surface area contributed by atoms with Gasteiger partial charge >= 0.3 is 0 Å². The lowest BCUT2D eigenvalue weighted by Crippen LogP contribution is -2.34. The third-order valence-corrected chi connectivity index (χ3v) is 4.74. The quantitative estimate of drug-likeness (QED) is 0.179. The number of ether oxygens (including phenoxy) is 1. The number of aldehydes is 1. The molecule has 0 atom stereocenters. The molecule has 0 aromatic heterocycles. The number of hydrogen-bond acceptors (Lipinski definition) is 5. The molecule has 1 aromatic carbocycles. The molecule has 202 valence electrons. The fourth-order valence-electron chi connectivity index (χ4n) is 2.60. The number of thiol groups is 1. The summed E-state index contributed by atoms with van der Waals surface area (Å²) in [5.41, 5.74) is 2.18. The summed E-state index contributed by atoms with van der Waals surface area (Å²) in [6.45, 7) is 25.6. The Labute approximate surface area is 222 Å². The number of rotatable bonds is 11.